The predicted molar refractivity (Wildman–Crippen MR) is 115 cm³/mol. The van der Waals surface area contributed by atoms with E-state index in [0.29, 0.717) is 24.8 Å². The Morgan fingerprint density at radius 3 is 2.83 bits per heavy atom. The third-order valence-electron chi connectivity index (χ3n) is 6.38. The number of ether oxygens (including phenoxy) is 1. The van der Waals surface area contributed by atoms with E-state index in [0.717, 1.165) is 44.5 Å². The van der Waals surface area contributed by atoms with Gasteiger partial charge in [-0.3, -0.25) is 5.43 Å². The first kappa shape index (κ1) is 21.1. The summed E-state index contributed by atoms with van der Waals surface area (Å²) in [5.41, 5.74) is 7.69. The molecule has 7 heteroatoms. The van der Waals surface area contributed by atoms with Crippen molar-refractivity contribution in [3.63, 3.8) is 0 Å². The lowest BCUT2D eigenvalue weighted by molar-refractivity contribution is 0.221. The Kier molecular flexibility index (Phi) is 6.89. The van der Waals surface area contributed by atoms with Crippen molar-refractivity contribution >= 4 is 6.03 Å². The highest BCUT2D eigenvalue weighted by Crippen LogP contribution is 2.46. The molecule has 0 spiro atoms. The molecule has 3 fully saturated rings. The number of halogens is 1. The molecule has 0 unspecified atom stereocenters. The molecule has 6 nitrogen and oxygen atoms in total. The van der Waals surface area contributed by atoms with Crippen molar-refractivity contribution in [1.82, 2.24) is 21.1 Å². The van der Waals surface area contributed by atoms with Gasteiger partial charge in [0.15, 0.2) is 11.6 Å². The van der Waals surface area contributed by atoms with Gasteiger partial charge >= 0.3 is 6.03 Å². The smallest absolute Gasteiger partial charge is 0.317 e. The second-order valence-corrected chi connectivity index (χ2v) is 8.68. The molecule has 2 aliphatic carbocycles. The van der Waals surface area contributed by atoms with E-state index in [2.05, 4.69) is 22.2 Å². The van der Waals surface area contributed by atoms with Crippen molar-refractivity contribution in [3.05, 3.63) is 41.7 Å². The van der Waals surface area contributed by atoms with Crippen molar-refractivity contribution in [3.8, 4) is 5.75 Å². The largest absolute Gasteiger partial charge is 0.490 e. The van der Waals surface area contributed by atoms with E-state index < -0.39 is 0 Å². The van der Waals surface area contributed by atoms with Gasteiger partial charge in [-0.15, -0.1) is 0 Å². The average Bonchev–Trinajstić information content (AvgIpc) is 3.14. The molecule has 1 heterocycles. The molecule has 2 amide bonds. The van der Waals surface area contributed by atoms with Gasteiger partial charge in [0.05, 0.1) is 12.1 Å². The zero-order valence-corrected chi connectivity index (χ0v) is 17.6. The van der Waals surface area contributed by atoms with Gasteiger partial charge in [0.25, 0.3) is 0 Å². The number of rotatable bonds is 11. The van der Waals surface area contributed by atoms with Crippen LogP contribution in [-0.2, 0) is 5.54 Å². The second kappa shape index (κ2) is 9.79. The molecule has 3 N–H and O–H groups in total. The van der Waals surface area contributed by atoms with Gasteiger partial charge in [0.1, 0.15) is 0 Å². The first-order chi connectivity index (χ1) is 14.7. The van der Waals surface area contributed by atoms with Crippen LogP contribution in [0.5, 0.6) is 5.75 Å². The van der Waals surface area contributed by atoms with Crippen molar-refractivity contribution in [2.75, 3.05) is 32.8 Å². The highest BCUT2D eigenvalue weighted by atomic mass is 19.1. The molecule has 0 aromatic heterocycles. The summed E-state index contributed by atoms with van der Waals surface area (Å²) in [4.78, 5) is 13.3. The van der Waals surface area contributed by atoms with E-state index in [9.17, 15) is 9.18 Å². The SMILES string of the molecule is O=C1NCCN1C/C=C/CCNNC1(c2ccc(F)c(OCC3CCCC3)c2)CC1. The Labute approximate surface area is 178 Å². The number of nitrogens with one attached hydrogen (secondary N) is 3. The standard InChI is InChI=1S/C23H33FN4O2/c24-20-9-8-19(16-21(20)30-17-18-6-2-3-7-18)23(10-11-23)27-26-12-4-1-5-14-28-15-13-25-22(28)29/h1,5,8-9,16,18,26-27H,2-4,6-7,10-15,17H2,(H,25,29)/b5-1+. The first-order valence-electron chi connectivity index (χ1n) is 11.3. The average molecular weight is 417 g/mol. The molecule has 3 aliphatic rings. The number of nitrogens with zero attached hydrogens (tertiary/aromatic N) is 1. The molecule has 1 aliphatic heterocycles. The van der Waals surface area contributed by atoms with Gasteiger partial charge in [-0.1, -0.05) is 31.1 Å². The third-order valence-corrected chi connectivity index (χ3v) is 6.38. The van der Waals surface area contributed by atoms with Crippen LogP contribution >= 0.6 is 0 Å². The summed E-state index contributed by atoms with van der Waals surface area (Å²) in [7, 11) is 0. The van der Waals surface area contributed by atoms with Crippen LogP contribution in [0.2, 0.25) is 0 Å². The number of hydrazine groups is 1. The van der Waals surface area contributed by atoms with E-state index in [1.807, 2.05) is 18.2 Å². The number of amides is 2. The molecule has 0 bridgehead atoms. The van der Waals surface area contributed by atoms with Crippen molar-refractivity contribution in [2.24, 2.45) is 5.92 Å². The van der Waals surface area contributed by atoms with E-state index in [4.69, 9.17) is 4.74 Å². The maximum atomic E-state index is 14.2. The molecule has 30 heavy (non-hydrogen) atoms. The van der Waals surface area contributed by atoms with Gasteiger partial charge in [-0.25, -0.2) is 14.6 Å². The van der Waals surface area contributed by atoms with Crippen LogP contribution in [0.4, 0.5) is 9.18 Å². The van der Waals surface area contributed by atoms with Crippen LogP contribution in [0.3, 0.4) is 0 Å². The monoisotopic (exact) mass is 416 g/mol. The minimum Gasteiger partial charge on any atom is -0.490 e. The summed E-state index contributed by atoms with van der Waals surface area (Å²) in [6, 6.07) is 5.27. The molecule has 1 aromatic carbocycles. The lowest BCUT2D eigenvalue weighted by Crippen LogP contribution is -2.41. The normalized spacial score (nSPS) is 20.8. The Morgan fingerprint density at radius 2 is 2.10 bits per heavy atom. The summed E-state index contributed by atoms with van der Waals surface area (Å²) in [6.07, 6.45) is 11.9. The lowest BCUT2D eigenvalue weighted by Gasteiger charge is -2.20. The predicted octanol–water partition coefficient (Wildman–Crippen LogP) is 3.45. The molecule has 2 saturated carbocycles. The second-order valence-electron chi connectivity index (χ2n) is 8.68. The molecular weight excluding hydrogens is 383 g/mol. The van der Waals surface area contributed by atoms with Crippen molar-refractivity contribution in [2.45, 2.75) is 50.5 Å². The molecule has 164 valence electrons. The molecule has 1 saturated heterocycles. The Morgan fingerprint density at radius 1 is 1.27 bits per heavy atom. The van der Waals surface area contributed by atoms with Gasteiger partial charge in [0, 0.05) is 26.2 Å². The van der Waals surface area contributed by atoms with E-state index in [1.54, 1.807) is 4.90 Å². The summed E-state index contributed by atoms with van der Waals surface area (Å²) >= 11 is 0. The van der Waals surface area contributed by atoms with Crippen LogP contribution in [0.15, 0.2) is 30.4 Å². The van der Waals surface area contributed by atoms with Crippen molar-refractivity contribution < 1.29 is 13.9 Å². The lowest BCUT2D eigenvalue weighted by atomic mass is 10.0. The fourth-order valence-corrected chi connectivity index (χ4v) is 4.30. The number of urea groups is 1. The highest BCUT2D eigenvalue weighted by Gasteiger charge is 2.44. The summed E-state index contributed by atoms with van der Waals surface area (Å²) in [6.45, 7) is 3.57. The Hall–Kier alpha value is -2.12. The number of benzene rings is 1. The summed E-state index contributed by atoms with van der Waals surface area (Å²) in [5, 5.41) is 2.80. The van der Waals surface area contributed by atoms with Crippen LogP contribution in [-0.4, -0.2) is 43.7 Å². The molecule has 4 rings (SSSR count). The van der Waals surface area contributed by atoms with Gasteiger partial charge in [0.2, 0.25) is 0 Å². The van der Waals surface area contributed by atoms with Gasteiger partial charge in [-0.05, 0) is 55.7 Å². The maximum Gasteiger partial charge on any atom is 0.317 e. The highest BCUT2D eigenvalue weighted by molar-refractivity contribution is 5.76. The maximum absolute atomic E-state index is 14.2. The van der Waals surface area contributed by atoms with Crippen LogP contribution < -0.4 is 20.9 Å². The minimum absolute atomic E-state index is 0.0148. The third kappa shape index (κ3) is 5.32. The van der Waals surface area contributed by atoms with E-state index in [-0.39, 0.29) is 17.4 Å². The van der Waals surface area contributed by atoms with E-state index >= 15 is 0 Å². The van der Waals surface area contributed by atoms with Crippen LogP contribution in [0.25, 0.3) is 0 Å². The molecule has 0 radical (unpaired) electrons. The van der Waals surface area contributed by atoms with Crippen molar-refractivity contribution in [1.29, 1.82) is 0 Å². The van der Waals surface area contributed by atoms with E-state index in [1.165, 1.54) is 31.7 Å². The van der Waals surface area contributed by atoms with Gasteiger partial charge < -0.3 is 15.0 Å². The van der Waals surface area contributed by atoms with Crippen LogP contribution in [0.1, 0.15) is 50.5 Å². The molecule has 0 atom stereocenters. The summed E-state index contributed by atoms with van der Waals surface area (Å²) in [5.74, 6) is 0.661. The molecular formula is C23H33FN4O2. The quantitative estimate of drug-likeness (QED) is 0.294. The zero-order chi connectivity index (χ0) is 20.8. The minimum atomic E-state index is -0.280. The molecule has 1 aromatic rings. The summed E-state index contributed by atoms with van der Waals surface area (Å²) < 4.78 is 20.1. The Balaban J connectivity index is 1.21. The topological polar surface area (TPSA) is 65.6 Å². The number of hydrogen-bond donors (Lipinski definition) is 3. The first-order valence-corrected chi connectivity index (χ1v) is 11.3. The van der Waals surface area contributed by atoms with Crippen LogP contribution in [0, 0.1) is 11.7 Å². The fraction of sp³-hybridized carbons (Fsp3) is 0.609. The number of carbonyl (C=O) groups excluding carboxylic acids is 1. The number of carbonyl (C=O) groups is 1. The Bertz CT molecular complexity index is 760. The fourth-order valence-electron chi connectivity index (χ4n) is 4.30. The zero-order valence-electron chi connectivity index (χ0n) is 17.6. The number of hydrogen-bond acceptors (Lipinski definition) is 4. The van der Waals surface area contributed by atoms with Gasteiger partial charge in [-0.2, -0.15) is 0 Å².